The van der Waals surface area contributed by atoms with Crippen molar-refractivity contribution in [1.82, 2.24) is 4.67 Å². The number of hydrogen-bond donors (Lipinski definition) is 0. The molecule has 0 aromatic heterocycles. The van der Waals surface area contributed by atoms with Crippen molar-refractivity contribution in [3.05, 3.63) is 0 Å². The third-order valence-corrected chi connectivity index (χ3v) is 4.07. The first-order valence-corrected chi connectivity index (χ1v) is 8.60. The molecule has 0 atom stereocenters. The van der Waals surface area contributed by atoms with Gasteiger partial charge in [-0.1, -0.05) is 31.9 Å². The molecule has 0 aromatic carbocycles. The molecule has 0 aliphatic rings. The second kappa shape index (κ2) is 6.22. The van der Waals surface area contributed by atoms with Crippen LogP contribution in [0.5, 0.6) is 0 Å². The minimum Gasteiger partial charge on any atom is -0.271 e. The summed E-state index contributed by atoms with van der Waals surface area (Å²) in [5, 5.41) is 1.42. The number of halogens is 4. The minimum absolute atomic E-state index is 0.593. The van der Waals surface area contributed by atoms with E-state index in [0.717, 1.165) is 0 Å². The summed E-state index contributed by atoms with van der Waals surface area (Å²) in [5.74, 6) is -3.09. The number of nitrogens with zero attached hydrogens (tertiary/aromatic N) is 1. The van der Waals surface area contributed by atoms with E-state index in [1.54, 1.807) is 4.67 Å². The maximum Gasteiger partial charge on any atom is 0.322 e. The molecule has 68 valence electrons. The largest absolute Gasteiger partial charge is 0.322 e. The van der Waals surface area contributed by atoms with Crippen molar-refractivity contribution in [2.75, 3.05) is 23.7 Å². The van der Waals surface area contributed by atoms with Crippen molar-refractivity contribution in [3.63, 3.8) is 0 Å². The molecule has 0 N–H and O–H groups in total. The Labute approximate surface area is 92.9 Å². The van der Waals surface area contributed by atoms with Crippen molar-refractivity contribution < 1.29 is 4.57 Å². The van der Waals surface area contributed by atoms with Gasteiger partial charge in [-0.3, -0.25) is 4.57 Å². The van der Waals surface area contributed by atoms with Gasteiger partial charge in [-0.25, -0.2) is 4.67 Å². The second-order valence-corrected chi connectivity index (χ2v) is 8.06. The lowest BCUT2D eigenvalue weighted by atomic mass is 10.7. The van der Waals surface area contributed by atoms with Crippen LogP contribution in [0.2, 0.25) is 0 Å². The summed E-state index contributed by atoms with van der Waals surface area (Å²) in [6.45, 7) is 1.19. The van der Waals surface area contributed by atoms with Gasteiger partial charge >= 0.3 is 6.00 Å². The van der Waals surface area contributed by atoms with Crippen molar-refractivity contribution in [2.24, 2.45) is 0 Å². The molecule has 0 radical (unpaired) electrons. The van der Waals surface area contributed by atoms with Crippen LogP contribution in [-0.2, 0) is 4.57 Å². The third kappa shape index (κ3) is 5.89. The van der Waals surface area contributed by atoms with Gasteiger partial charge in [0.25, 0.3) is 0 Å². The predicted molar refractivity (Wildman–Crippen MR) is 58.5 cm³/mol. The fourth-order valence-electron chi connectivity index (χ4n) is 0.540. The summed E-state index contributed by atoms with van der Waals surface area (Å²) in [6.07, 6.45) is 0. The molecule has 0 amide bonds. The highest BCUT2D eigenvalue weighted by molar-refractivity contribution is 9.09. The molecule has 7 heteroatoms. The quantitative estimate of drug-likeness (QED) is 0.559. The van der Waals surface area contributed by atoms with E-state index >= 15 is 0 Å². The van der Waals surface area contributed by atoms with Gasteiger partial charge in [0.1, 0.15) is 0 Å². The summed E-state index contributed by atoms with van der Waals surface area (Å²) in [4.78, 5) is 0. The second-order valence-electron chi connectivity index (χ2n) is 1.77. The molecule has 0 rings (SSSR count). The Bertz CT molecular complexity index is 147. The van der Waals surface area contributed by atoms with Crippen molar-refractivity contribution >= 4 is 60.3 Å². The first-order chi connectivity index (χ1) is 5.02. The van der Waals surface area contributed by atoms with E-state index in [0.29, 0.717) is 23.7 Å². The maximum atomic E-state index is 11.1. The predicted octanol–water partition coefficient (Wildman–Crippen LogP) is 3.66. The van der Waals surface area contributed by atoms with Crippen LogP contribution in [0, 0.1) is 0 Å². The molecule has 0 aliphatic carbocycles. The Kier molecular flexibility index (Phi) is 7.20. The highest BCUT2D eigenvalue weighted by atomic mass is 79.9. The molecule has 0 spiro atoms. The molecule has 0 fully saturated rings. The van der Waals surface area contributed by atoms with Crippen molar-refractivity contribution in [2.45, 2.75) is 0 Å². The molecule has 2 nitrogen and oxygen atoms in total. The Morgan fingerprint density at radius 2 is 1.55 bits per heavy atom. The number of rotatable bonds is 5. The Morgan fingerprint density at radius 1 is 1.18 bits per heavy atom. The summed E-state index contributed by atoms with van der Waals surface area (Å²) < 4.78 is 12.7. The Balaban J connectivity index is 3.99. The molecule has 0 heterocycles. The van der Waals surface area contributed by atoms with E-state index < -0.39 is 6.00 Å². The molecule has 0 saturated heterocycles. The summed E-state index contributed by atoms with van der Waals surface area (Å²) >= 11 is 17.4. The molecule has 0 saturated carbocycles. The minimum atomic E-state index is -3.09. The van der Waals surface area contributed by atoms with E-state index in [1.165, 1.54) is 0 Å². The molecule has 0 aliphatic heterocycles. The monoisotopic (exact) mass is 345 g/mol. The van der Waals surface area contributed by atoms with Gasteiger partial charge in [-0.15, -0.1) is 0 Å². The first-order valence-electron chi connectivity index (χ1n) is 2.89. The molecular weight excluding hydrogens is 340 g/mol. The van der Waals surface area contributed by atoms with Crippen LogP contribution in [0.4, 0.5) is 0 Å². The Hall–Kier alpha value is 1.73. The topological polar surface area (TPSA) is 20.3 Å². The standard InChI is InChI=1S/C4H8Br2Cl2NOP/c5-1-3-9(4-2-6)11(7,8)10/h1-4H2. The molecule has 11 heavy (non-hydrogen) atoms. The first kappa shape index (κ1) is 12.7. The van der Waals surface area contributed by atoms with Crippen LogP contribution < -0.4 is 0 Å². The summed E-state index contributed by atoms with van der Waals surface area (Å²) in [7, 11) is 0. The van der Waals surface area contributed by atoms with Gasteiger partial charge in [0.2, 0.25) is 0 Å². The highest BCUT2D eigenvalue weighted by Crippen LogP contribution is 2.59. The van der Waals surface area contributed by atoms with E-state index in [-0.39, 0.29) is 0 Å². The lowest BCUT2D eigenvalue weighted by Gasteiger charge is -2.19. The zero-order valence-electron chi connectivity index (χ0n) is 5.64. The zero-order valence-corrected chi connectivity index (χ0v) is 11.2. The van der Waals surface area contributed by atoms with Gasteiger partial charge in [0, 0.05) is 23.7 Å². The van der Waals surface area contributed by atoms with Crippen LogP contribution in [-0.4, -0.2) is 28.4 Å². The normalized spacial score (nSPS) is 12.5. The van der Waals surface area contributed by atoms with Crippen LogP contribution in [0.3, 0.4) is 0 Å². The third-order valence-electron chi connectivity index (χ3n) is 1.01. The molecule has 0 unspecified atom stereocenters. The van der Waals surface area contributed by atoms with Crippen LogP contribution >= 0.6 is 60.3 Å². The highest BCUT2D eigenvalue weighted by Gasteiger charge is 2.23. The average molecular weight is 348 g/mol. The Morgan fingerprint density at radius 3 is 1.73 bits per heavy atom. The molecular formula is C4H8Br2Cl2NOP. The molecule has 0 aromatic rings. The van der Waals surface area contributed by atoms with Gasteiger partial charge in [0.15, 0.2) is 0 Å². The lowest BCUT2D eigenvalue weighted by Crippen LogP contribution is -2.21. The smallest absolute Gasteiger partial charge is 0.271 e. The lowest BCUT2D eigenvalue weighted by molar-refractivity contribution is 0.473. The van der Waals surface area contributed by atoms with Crippen molar-refractivity contribution in [3.8, 4) is 0 Å². The SMILES string of the molecule is O=P(Cl)(Cl)N(CCBr)CCBr. The van der Waals surface area contributed by atoms with Gasteiger partial charge in [-0.2, -0.15) is 0 Å². The van der Waals surface area contributed by atoms with Crippen molar-refractivity contribution in [1.29, 1.82) is 0 Å². The molecule has 0 bridgehead atoms. The average Bonchev–Trinajstić information content (AvgIpc) is 1.85. The summed E-state index contributed by atoms with van der Waals surface area (Å²) in [5.41, 5.74) is 0. The van der Waals surface area contributed by atoms with Gasteiger partial charge in [0.05, 0.1) is 0 Å². The number of hydrogen-bond acceptors (Lipinski definition) is 1. The van der Waals surface area contributed by atoms with E-state index in [2.05, 4.69) is 31.9 Å². The summed E-state index contributed by atoms with van der Waals surface area (Å²) in [6, 6.07) is 0. The number of alkyl halides is 2. The van der Waals surface area contributed by atoms with Crippen LogP contribution in [0.25, 0.3) is 0 Å². The fourth-order valence-corrected chi connectivity index (χ4v) is 3.52. The van der Waals surface area contributed by atoms with E-state index in [9.17, 15) is 4.57 Å². The fraction of sp³-hybridized carbons (Fsp3) is 1.00. The van der Waals surface area contributed by atoms with E-state index in [4.69, 9.17) is 22.5 Å². The van der Waals surface area contributed by atoms with Crippen LogP contribution in [0.15, 0.2) is 0 Å². The maximum absolute atomic E-state index is 11.1. The van der Waals surface area contributed by atoms with Gasteiger partial charge in [-0.05, 0) is 22.5 Å². The van der Waals surface area contributed by atoms with Gasteiger partial charge < -0.3 is 0 Å². The zero-order chi connectivity index (χ0) is 8.91. The van der Waals surface area contributed by atoms with Crippen LogP contribution in [0.1, 0.15) is 0 Å². The van der Waals surface area contributed by atoms with E-state index in [1.807, 2.05) is 0 Å².